The van der Waals surface area contributed by atoms with Crippen LogP contribution in [0.1, 0.15) is 25.1 Å². The quantitative estimate of drug-likeness (QED) is 0.795. The maximum Gasteiger partial charge on any atom is 0.0544 e. The van der Waals surface area contributed by atoms with Crippen molar-refractivity contribution in [3.8, 4) is 0 Å². The highest BCUT2D eigenvalue weighted by Crippen LogP contribution is 2.04. The summed E-state index contributed by atoms with van der Waals surface area (Å²) in [4.78, 5) is 6.77. The molecule has 0 aromatic carbocycles. The maximum atomic E-state index is 4.46. The Morgan fingerprint density at radius 1 is 1.38 bits per heavy atom. The molecule has 0 saturated heterocycles. The Balaban J connectivity index is 2.48. The van der Waals surface area contributed by atoms with Crippen LogP contribution in [0.25, 0.3) is 0 Å². The molecule has 0 fully saturated rings. The molecule has 0 aliphatic carbocycles. The summed E-state index contributed by atoms with van der Waals surface area (Å²) < 4.78 is 0. The zero-order valence-electron chi connectivity index (χ0n) is 10.8. The van der Waals surface area contributed by atoms with Crippen molar-refractivity contribution in [1.29, 1.82) is 0 Å². The van der Waals surface area contributed by atoms with Crippen LogP contribution >= 0.6 is 0 Å². The van der Waals surface area contributed by atoms with Crippen LogP contribution in [0.2, 0.25) is 0 Å². The van der Waals surface area contributed by atoms with E-state index in [2.05, 4.69) is 48.2 Å². The fraction of sp³-hybridized carbons (Fsp3) is 0.615. The van der Waals surface area contributed by atoms with E-state index < -0.39 is 0 Å². The molecule has 1 N–H and O–H groups in total. The lowest BCUT2D eigenvalue weighted by molar-refractivity contribution is 0.285. The second kappa shape index (κ2) is 6.61. The van der Waals surface area contributed by atoms with Crippen LogP contribution in [0.4, 0.5) is 0 Å². The van der Waals surface area contributed by atoms with Gasteiger partial charge in [0.2, 0.25) is 0 Å². The van der Waals surface area contributed by atoms with Crippen LogP contribution in [0.3, 0.4) is 0 Å². The zero-order chi connectivity index (χ0) is 12.0. The van der Waals surface area contributed by atoms with Crippen LogP contribution < -0.4 is 5.32 Å². The van der Waals surface area contributed by atoms with E-state index in [1.807, 2.05) is 13.2 Å². The van der Waals surface area contributed by atoms with Gasteiger partial charge in [-0.25, -0.2) is 0 Å². The highest BCUT2D eigenvalue weighted by Gasteiger charge is 2.03. The Kier molecular flexibility index (Phi) is 5.43. The molecule has 1 heterocycles. The average molecular weight is 221 g/mol. The summed E-state index contributed by atoms with van der Waals surface area (Å²) in [6.07, 6.45) is 1.95. The Labute approximate surface area is 98.9 Å². The molecular weight excluding hydrogens is 198 g/mol. The van der Waals surface area contributed by atoms with Crippen molar-refractivity contribution < 1.29 is 0 Å². The van der Waals surface area contributed by atoms with Crippen LogP contribution in [0.15, 0.2) is 18.3 Å². The topological polar surface area (TPSA) is 28.2 Å². The predicted molar refractivity (Wildman–Crippen MR) is 68.2 cm³/mol. The summed E-state index contributed by atoms with van der Waals surface area (Å²) in [6.45, 7) is 7.40. The van der Waals surface area contributed by atoms with Crippen molar-refractivity contribution in [2.45, 2.75) is 26.9 Å². The van der Waals surface area contributed by atoms with Crippen molar-refractivity contribution in [3.05, 3.63) is 29.6 Å². The summed E-state index contributed by atoms with van der Waals surface area (Å²) in [6, 6.07) is 4.26. The van der Waals surface area contributed by atoms with Crippen molar-refractivity contribution in [3.63, 3.8) is 0 Å². The van der Waals surface area contributed by atoms with Gasteiger partial charge in [-0.05, 0) is 31.6 Å². The van der Waals surface area contributed by atoms with E-state index in [4.69, 9.17) is 0 Å². The molecular formula is C13H23N3. The minimum absolute atomic E-state index is 0.702. The molecule has 0 unspecified atom stereocenters. The van der Waals surface area contributed by atoms with E-state index in [0.717, 1.165) is 25.3 Å². The first kappa shape index (κ1) is 13.1. The van der Waals surface area contributed by atoms with Gasteiger partial charge in [-0.3, -0.25) is 4.98 Å². The number of hydrogen-bond donors (Lipinski definition) is 1. The van der Waals surface area contributed by atoms with Gasteiger partial charge in [0.25, 0.3) is 0 Å². The average Bonchev–Trinajstić information content (AvgIpc) is 2.20. The number of pyridine rings is 1. The van der Waals surface area contributed by atoms with E-state index in [0.29, 0.717) is 5.92 Å². The summed E-state index contributed by atoms with van der Waals surface area (Å²) in [5, 5.41) is 3.12. The fourth-order valence-electron chi connectivity index (χ4n) is 1.82. The summed E-state index contributed by atoms with van der Waals surface area (Å²) >= 11 is 0. The molecule has 1 rings (SSSR count). The molecule has 0 saturated carbocycles. The summed E-state index contributed by atoms with van der Waals surface area (Å²) in [5.74, 6) is 0.702. The van der Waals surface area contributed by atoms with Crippen LogP contribution in [-0.4, -0.2) is 30.5 Å². The van der Waals surface area contributed by atoms with Gasteiger partial charge < -0.3 is 10.2 Å². The molecule has 1 aromatic heterocycles. The summed E-state index contributed by atoms with van der Waals surface area (Å²) in [5.41, 5.74) is 2.38. The first-order valence-electron chi connectivity index (χ1n) is 5.88. The van der Waals surface area contributed by atoms with E-state index >= 15 is 0 Å². The predicted octanol–water partition coefficient (Wildman–Crippen LogP) is 1.89. The minimum atomic E-state index is 0.702. The van der Waals surface area contributed by atoms with Gasteiger partial charge in [0, 0.05) is 25.8 Å². The Bertz CT molecular complexity index is 293. The SMILES string of the molecule is CNCc1ccc(CN(C)CC(C)C)nc1. The summed E-state index contributed by atoms with van der Waals surface area (Å²) in [7, 11) is 4.09. The highest BCUT2D eigenvalue weighted by atomic mass is 15.1. The lowest BCUT2D eigenvalue weighted by Crippen LogP contribution is -2.23. The number of hydrogen-bond acceptors (Lipinski definition) is 3. The van der Waals surface area contributed by atoms with Crippen molar-refractivity contribution >= 4 is 0 Å². The second-order valence-corrected chi connectivity index (χ2v) is 4.78. The molecule has 0 spiro atoms. The van der Waals surface area contributed by atoms with Gasteiger partial charge in [-0.1, -0.05) is 19.9 Å². The lowest BCUT2D eigenvalue weighted by atomic mass is 10.2. The van der Waals surface area contributed by atoms with E-state index in [1.165, 1.54) is 5.56 Å². The van der Waals surface area contributed by atoms with E-state index in [9.17, 15) is 0 Å². The monoisotopic (exact) mass is 221 g/mol. The normalized spacial score (nSPS) is 11.4. The first-order valence-corrected chi connectivity index (χ1v) is 5.88. The molecule has 90 valence electrons. The number of rotatable bonds is 6. The molecule has 0 bridgehead atoms. The van der Waals surface area contributed by atoms with E-state index in [-0.39, 0.29) is 0 Å². The third-order valence-corrected chi connectivity index (χ3v) is 2.38. The fourth-order valence-corrected chi connectivity index (χ4v) is 1.82. The van der Waals surface area contributed by atoms with Gasteiger partial charge in [0.1, 0.15) is 0 Å². The van der Waals surface area contributed by atoms with Crippen LogP contribution in [0.5, 0.6) is 0 Å². The molecule has 3 nitrogen and oxygen atoms in total. The third-order valence-electron chi connectivity index (χ3n) is 2.38. The van der Waals surface area contributed by atoms with Gasteiger partial charge in [0.05, 0.1) is 5.69 Å². The number of aromatic nitrogens is 1. The lowest BCUT2D eigenvalue weighted by Gasteiger charge is -2.18. The van der Waals surface area contributed by atoms with Crippen molar-refractivity contribution in [1.82, 2.24) is 15.2 Å². The molecule has 0 radical (unpaired) electrons. The second-order valence-electron chi connectivity index (χ2n) is 4.78. The number of nitrogens with zero attached hydrogens (tertiary/aromatic N) is 2. The molecule has 16 heavy (non-hydrogen) atoms. The molecule has 0 amide bonds. The maximum absolute atomic E-state index is 4.46. The zero-order valence-corrected chi connectivity index (χ0v) is 10.8. The van der Waals surface area contributed by atoms with Gasteiger partial charge in [0.15, 0.2) is 0 Å². The molecule has 0 atom stereocenters. The van der Waals surface area contributed by atoms with Gasteiger partial charge in [-0.2, -0.15) is 0 Å². The largest absolute Gasteiger partial charge is 0.316 e. The third kappa shape index (κ3) is 4.73. The Morgan fingerprint density at radius 2 is 2.12 bits per heavy atom. The Morgan fingerprint density at radius 3 is 2.62 bits per heavy atom. The Hall–Kier alpha value is -0.930. The highest BCUT2D eigenvalue weighted by molar-refractivity contribution is 5.13. The molecule has 3 heteroatoms. The molecule has 0 aliphatic rings. The van der Waals surface area contributed by atoms with Crippen molar-refractivity contribution in [2.24, 2.45) is 5.92 Å². The van der Waals surface area contributed by atoms with Crippen molar-refractivity contribution in [2.75, 3.05) is 20.6 Å². The first-order chi connectivity index (χ1) is 7.61. The van der Waals surface area contributed by atoms with Crippen LogP contribution in [-0.2, 0) is 13.1 Å². The number of nitrogens with one attached hydrogen (secondary N) is 1. The molecule has 0 aliphatic heterocycles. The van der Waals surface area contributed by atoms with Crippen LogP contribution in [0, 0.1) is 5.92 Å². The molecule has 1 aromatic rings. The van der Waals surface area contributed by atoms with E-state index in [1.54, 1.807) is 0 Å². The minimum Gasteiger partial charge on any atom is -0.316 e. The standard InChI is InChI=1S/C13H23N3/c1-11(2)9-16(4)10-13-6-5-12(7-14-3)8-15-13/h5-6,8,11,14H,7,9-10H2,1-4H3. The van der Waals surface area contributed by atoms with Gasteiger partial charge in [-0.15, -0.1) is 0 Å². The smallest absolute Gasteiger partial charge is 0.0544 e. The van der Waals surface area contributed by atoms with Gasteiger partial charge >= 0.3 is 0 Å².